The largest absolute Gasteiger partial charge is 0.497 e. The van der Waals surface area contributed by atoms with Gasteiger partial charge in [-0.25, -0.2) is 4.68 Å². The van der Waals surface area contributed by atoms with E-state index >= 15 is 0 Å². The van der Waals surface area contributed by atoms with Gasteiger partial charge in [0.2, 0.25) is 4.80 Å². The molecule has 0 radical (unpaired) electrons. The van der Waals surface area contributed by atoms with E-state index in [4.69, 9.17) is 14.6 Å². The maximum atomic E-state index is 5.57. The van der Waals surface area contributed by atoms with E-state index < -0.39 is 0 Å². The number of nitrogens with zero attached hydrogens (tertiary/aromatic N) is 3. The SMILES string of the molecule is CCN=c1scc(-c2cc(OC)ccc2OC)n1N=CC1CCCCC1. The Kier molecular flexibility index (Phi) is 6.50. The van der Waals surface area contributed by atoms with Crippen LogP contribution in [-0.4, -0.2) is 31.7 Å². The van der Waals surface area contributed by atoms with E-state index in [0.717, 1.165) is 34.1 Å². The van der Waals surface area contributed by atoms with E-state index in [-0.39, 0.29) is 0 Å². The van der Waals surface area contributed by atoms with Crippen LogP contribution in [0, 0.1) is 5.92 Å². The van der Waals surface area contributed by atoms with Gasteiger partial charge >= 0.3 is 0 Å². The Labute approximate surface area is 159 Å². The van der Waals surface area contributed by atoms with Gasteiger partial charge in [-0.15, -0.1) is 11.3 Å². The molecule has 1 aliphatic carbocycles. The minimum absolute atomic E-state index is 0.561. The van der Waals surface area contributed by atoms with E-state index in [1.807, 2.05) is 29.8 Å². The van der Waals surface area contributed by atoms with Crippen LogP contribution >= 0.6 is 11.3 Å². The lowest BCUT2D eigenvalue weighted by Gasteiger charge is -2.17. The lowest BCUT2D eigenvalue weighted by Crippen LogP contribution is -2.15. The molecule has 3 rings (SSSR count). The van der Waals surface area contributed by atoms with Gasteiger partial charge in [-0.2, -0.15) is 5.10 Å². The van der Waals surface area contributed by atoms with Crippen LogP contribution in [0.4, 0.5) is 0 Å². The van der Waals surface area contributed by atoms with Gasteiger partial charge in [-0.1, -0.05) is 19.3 Å². The first-order valence-electron chi connectivity index (χ1n) is 9.24. The van der Waals surface area contributed by atoms with Crippen molar-refractivity contribution in [3.8, 4) is 22.8 Å². The van der Waals surface area contributed by atoms with Crippen LogP contribution in [0.25, 0.3) is 11.3 Å². The average molecular weight is 374 g/mol. The van der Waals surface area contributed by atoms with Crippen molar-refractivity contribution in [1.29, 1.82) is 0 Å². The molecule has 0 atom stereocenters. The number of benzene rings is 1. The van der Waals surface area contributed by atoms with Gasteiger partial charge in [-0.3, -0.25) is 4.99 Å². The molecule has 1 aromatic carbocycles. The molecule has 0 amide bonds. The lowest BCUT2D eigenvalue weighted by molar-refractivity contribution is 0.404. The van der Waals surface area contributed by atoms with Crippen molar-refractivity contribution in [2.45, 2.75) is 39.0 Å². The first-order valence-corrected chi connectivity index (χ1v) is 10.1. The molecule has 1 fully saturated rings. The predicted octanol–water partition coefficient (Wildman–Crippen LogP) is 4.57. The quantitative estimate of drug-likeness (QED) is 0.697. The summed E-state index contributed by atoms with van der Waals surface area (Å²) in [4.78, 5) is 5.51. The van der Waals surface area contributed by atoms with E-state index in [1.54, 1.807) is 25.6 Å². The van der Waals surface area contributed by atoms with Crippen molar-refractivity contribution in [3.63, 3.8) is 0 Å². The highest BCUT2D eigenvalue weighted by molar-refractivity contribution is 7.07. The molecule has 0 N–H and O–H groups in total. The van der Waals surface area contributed by atoms with Crippen molar-refractivity contribution in [2.24, 2.45) is 16.0 Å². The van der Waals surface area contributed by atoms with Crippen molar-refractivity contribution < 1.29 is 9.47 Å². The second-order valence-electron chi connectivity index (χ2n) is 6.42. The summed E-state index contributed by atoms with van der Waals surface area (Å²) in [5.74, 6) is 2.16. The van der Waals surface area contributed by atoms with Gasteiger partial charge in [-0.05, 0) is 43.9 Å². The van der Waals surface area contributed by atoms with Crippen LogP contribution in [-0.2, 0) is 0 Å². The average Bonchev–Trinajstić information content (AvgIpc) is 3.09. The van der Waals surface area contributed by atoms with Crippen molar-refractivity contribution in [2.75, 3.05) is 20.8 Å². The molecular weight excluding hydrogens is 346 g/mol. The molecule has 1 heterocycles. The number of hydrogen-bond donors (Lipinski definition) is 0. The van der Waals surface area contributed by atoms with Crippen LogP contribution in [0.2, 0.25) is 0 Å². The molecule has 6 heteroatoms. The number of aromatic nitrogens is 1. The number of hydrogen-bond acceptors (Lipinski definition) is 5. The monoisotopic (exact) mass is 373 g/mol. The molecule has 5 nitrogen and oxygen atoms in total. The summed E-state index contributed by atoms with van der Waals surface area (Å²) < 4.78 is 12.9. The summed E-state index contributed by atoms with van der Waals surface area (Å²) in [5.41, 5.74) is 1.94. The topological polar surface area (TPSA) is 48.1 Å². The molecular formula is C20H27N3O2S. The maximum absolute atomic E-state index is 5.57. The number of methoxy groups -OCH3 is 2. The third-order valence-electron chi connectivity index (χ3n) is 4.70. The molecule has 0 unspecified atom stereocenters. The molecule has 2 aromatic rings. The van der Waals surface area contributed by atoms with Gasteiger partial charge in [0.25, 0.3) is 0 Å². The van der Waals surface area contributed by atoms with E-state index in [2.05, 4.69) is 16.6 Å². The molecule has 26 heavy (non-hydrogen) atoms. The lowest BCUT2D eigenvalue weighted by atomic mass is 9.90. The first-order chi connectivity index (χ1) is 12.8. The van der Waals surface area contributed by atoms with Gasteiger partial charge in [0.1, 0.15) is 11.5 Å². The molecule has 140 valence electrons. The second kappa shape index (κ2) is 9.03. The zero-order chi connectivity index (χ0) is 18.4. The fourth-order valence-electron chi connectivity index (χ4n) is 3.30. The van der Waals surface area contributed by atoms with Crippen LogP contribution < -0.4 is 14.3 Å². The third-order valence-corrected chi connectivity index (χ3v) is 5.56. The minimum Gasteiger partial charge on any atom is -0.497 e. The number of ether oxygens (including phenoxy) is 2. The summed E-state index contributed by atoms with van der Waals surface area (Å²) in [6.45, 7) is 2.77. The summed E-state index contributed by atoms with van der Waals surface area (Å²) in [5, 5.41) is 6.91. The molecule has 0 aliphatic heterocycles. The molecule has 0 bridgehead atoms. The third kappa shape index (κ3) is 4.18. The highest BCUT2D eigenvalue weighted by Gasteiger charge is 2.15. The van der Waals surface area contributed by atoms with Crippen molar-refractivity contribution >= 4 is 17.6 Å². The highest BCUT2D eigenvalue weighted by Crippen LogP contribution is 2.33. The Hall–Kier alpha value is -2.08. The normalized spacial score (nSPS) is 16.3. The Morgan fingerprint density at radius 2 is 2.00 bits per heavy atom. The summed E-state index contributed by atoms with van der Waals surface area (Å²) in [6, 6.07) is 5.82. The molecule has 1 aliphatic rings. The van der Waals surface area contributed by atoms with Gasteiger partial charge < -0.3 is 9.47 Å². The van der Waals surface area contributed by atoms with E-state index in [0.29, 0.717) is 5.92 Å². The first kappa shape index (κ1) is 18.7. The minimum atomic E-state index is 0.561. The van der Waals surface area contributed by atoms with Crippen LogP contribution in [0.1, 0.15) is 39.0 Å². The van der Waals surface area contributed by atoms with Crippen molar-refractivity contribution in [3.05, 3.63) is 28.4 Å². The maximum Gasteiger partial charge on any atom is 0.206 e. The fraction of sp³-hybridized carbons (Fsp3) is 0.500. The molecule has 0 saturated heterocycles. The molecule has 0 spiro atoms. The van der Waals surface area contributed by atoms with E-state index in [9.17, 15) is 0 Å². The summed E-state index contributed by atoms with van der Waals surface area (Å²) in [6.07, 6.45) is 8.51. The van der Waals surface area contributed by atoms with Gasteiger partial charge in [0.15, 0.2) is 0 Å². The number of thiazole rings is 1. The zero-order valence-electron chi connectivity index (χ0n) is 15.8. The zero-order valence-corrected chi connectivity index (χ0v) is 16.6. The standard InChI is InChI=1S/C20H27N3O2S/c1-4-21-20-23(22-13-15-8-6-5-7-9-15)18(14-26-20)17-12-16(24-2)10-11-19(17)25-3/h10-15H,4-9H2,1-3H3. The highest BCUT2D eigenvalue weighted by atomic mass is 32.1. The van der Waals surface area contributed by atoms with E-state index in [1.165, 1.54) is 32.1 Å². The van der Waals surface area contributed by atoms with Gasteiger partial charge in [0, 0.05) is 23.7 Å². The Bertz CT molecular complexity index is 817. The Morgan fingerprint density at radius 1 is 1.19 bits per heavy atom. The Morgan fingerprint density at radius 3 is 2.69 bits per heavy atom. The number of rotatable bonds is 6. The summed E-state index contributed by atoms with van der Waals surface area (Å²) >= 11 is 1.60. The van der Waals surface area contributed by atoms with Crippen molar-refractivity contribution in [1.82, 2.24) is 4.68 Å². The molecule has 1 saturated carbocycles. The van der Waals surface area contributed by atoms with Crippen LogP contribution in [0.15, 0.2) is 33.7 Å². The fourth-order valence-corrected chi connectivity index (χ4v) is 4.19. The summed E-state index contributed by atoms with van der Waals surface area (Å²) in [7, 11) is 3.36. The predicted molar refractivity (Wildman–Crippen MR) is 107 cm³/mol. The second-order valence-corrected chi connectivity index (χ2v) is 7.26. The molecule has 1 aromatic heterocycles. The Balaban J connectivity index is 2.05. The van der Waals surface area contributed by atoms with Crippen LogP contribution in [0.3, 0.4) is 0 Å². The van der Waals surface area contributed by atoms with Crippen LogP contribution in [0.5, 0.6) is 11.5 Å². The smallest absolute Gasteiger partial charge is 0.206 e. The van der Waals surface area contributed by atoms with Gasteiger partial charge in [0.05, 0.1) is 19.9 Å².